The van der Waals surface area contributed by atoms with Gasteiger partial charge >= 0.3 is 5.97 Å². The lowest BCUT2D eigenvalue weighted by atomic mass is 10.0. The molecule has 62 heavy (non-hydrogen) atoms. The summed E-state index contributed by atoms with van der Waals surface area (Å²) in [5.41, 5.74) is 17.7. The molecule has 5 aromatic heterocycles. The van der Waals surface area contributed by atoms with Crippen LogP contribution in [0.4, 0.5) is 34.6 Å². The average molecular weight is 839 g/mol. The van der Waals surface area contributed by atoms with Crippen LogP contribution < -0.4 is 11.5 Å². The van der Waals surface area contributed by atoms with Crippen molar-refractivity contribution in [3.63, 3.8) is 0 Å². The predicted octanol–water partition coefficient (Wildman–Crippen LogP) is 7.29. The number of carbonyl (C=O) groups is 2. The summed E-state index contributed by atoms with van der Waals surface area (Å²) in [5.74, 6) is -0.0229. The molecule has 0 aliphatic carbocycles. The van der Waals surface area contributed by atoms with E-state index in [1.165, 1.54) is 32.2 Å². The van der Waals surface area contributed by atoms with Crippen LogP contribution in [-0.2, 0) is 31.7 Å². The molecular weight excluding hydrogens is 793 g/mol. The number of rotatable bonds is 17. The van der Waals surface area contributed by atoms with Crippen molar-refractivity contribution >= 4 is 46.4 Å². The molecule has 0 amide bonds. The van der Waals surface area contributed by atoms with E-state index in [1.807, 2.05) is 60.7 Å². The number of esters is 1. The van der Waals surface area contributed by atoms with Gasteiger partial charge in [-0.25, -0.2) is 24.1 Å². The predicted molar refractivity (Wildman–Crippen MR) is 231 cm³/mol. The second-order valence-electron chi connectivity index (χ2n) is 14.2. The standard InChI is InChI=1S/C42H46N16O4/c1-6-8-20-27-36(47-49-40-32(29(60)23-59)34(53-55(40)3)25-16-12-10-13-17-25)38(43)57(51-27)30-22-31(46-24-45-30)58-39(44)37(28(52-58)21-9-7-2)48-50-41-33(42(61)62-5)35(54-56(41)4)26-18-14-11-15-19-26/h10-19,22,24,59H,6-9,20-21,23,43-44H2,1-5H3. The summed E-state index contributed by atoms with van der Waals surface area (Å²) in [4.78, 5) is 35.1. The molecule has 0 atom stereocenters. The number of methoxy groups -OCH3 is 1. The fourth-order valence-corrected chi connectivity index (χ4v) is 6.78. The van der Waals surface area contributed by atoms with Gasteiger partial charge in [-0.3, -0.25) is 4.79 Å². The van der Waals surface area contributed by atoms with Gasteiger partial charge in [0, 0.05) is 31.3 Å². The summed E-state index contributed by atoms with van der Waals surface area (Å²) >= 11 is 0. The molecule has 0 fully saturated rings. The highest BCUT2D eigenvalue weighted by Crippen LogP contribution is 2.38. The van der Waals surface area contributed by atoms with Gasteiger partial charge in [-0.1, -0.05) is 87.4 Å². The number of ketones is 1. The first-order valence-corrected chi connectivity index (χ1v) is 20.0. The van der Waals surface area contributed by atoms with Gasteiger partial charge in [-0.15, -0.1) is 20.5 Å². The number of carbonyl (C=O) groups excluding carboxylic acids is 2. The van der Waals surface area contributed by atoms with Gasteiger partial charge in [0.15, 0.2) is 52.1 Å². The van der Waals surface area contributed by atoms with E-state index in [1.54, 1.807) is 20.2 Å². The zero-order chi connectivity index (χ0) is 43.9. The number of aliphatic hydroxyl groups excluding tert-OH is 1. The number of anilines is 2. The number of azo groups is 2. The topological polar surface area (TPSA) is 262 Å². The second kappa shape index (κ2) is 18.7. The summed E-state index contributed by atoms with van der Waals surface area (Å²) in [6.45, 7) is 3.37. The zero-order valence-corrected chi connectivity index (χ0v) is 35.0. The zero-order valence-electron chi connectivity index (χ0n) is 35.0. The van der Waals surface area contributed by atoms with Crippen molar-refractivity contribution in [1.29, 1.82) is 0 Å². The Hall–Kier alpha value is -7.74. The second-order valence-corrected chi connectivity index (χ2v) is 14.2. The highest BCUT2D eigenvalue weighted by Gasteiger charge is 2.27. The van der Waals surface area contributed by atoms with Crippen LogP contribution in [0, 0.1) is 0 Å². The van der Waals surface area contributed by atoms with Crippen LogP contribution in [0.2, 0.25) is 0 Å². The van der Waals surface area contributed by atoms with Gasteiger partial charge < -0.3 is 21.3 Å². The van der Waals surface area contributed by atoms with Crippen molar-refractivity contribution < 1.29 is 19.4 Å². The van der Waals surface area contributed by atoms with Gasteiger partial charge in [-0.2, -0.15) is 29.8 Å². The van der Waals surface area contributed by atoms with Crippen LogP contribution in [0.3, 0.4) is 0 Å². The molecule has 2 aromatic carbocycles. The third-order valence-corrected chi connectivity index (χ3v) is 9.97. The van der Waals surface area contributed by atoms with Crippen LogP contribution in [0.15, 0.2) is 93.5 Å². The molecule has 5 N–H and O–H groups in total. The third kappa shape index (κ3) is 8.35. The molecule has 0 unspecified atom stereocenters. The monoisotopic (exact) mass is 838 g/mol. The summed E-state index contributed by atoms with van der Waals surface area (Å²) < 4.78 is 10.9. The van der Waals surface area contributed by atoms with E-state index in [2.05, 4.69) is 54.5 Å². The summed E-state index contributed by atoms with van der Waals surface area (Å²) in [5, 5.41) is 46.7. The van der Waals surface area contributed by atoms with Gasteiger partial charge in [0.05, 0.1) is 24.1 Å². The fourth-order valence-electron chi connectivity index (χ4n) is 6.78. The van der Waals surface area contributed by atoms with Crippen molar-refractivity contribution in [3.8, 4) is 34.2 Å². The summed E-state index contributed by atoms with van der Waals surface area (Å²) in [6, 6.07) is 20.0. The van der Waals surface area contributed by atoms with Crippen molar-refractivity contribution in [3.05, 3.63) is 95.6 Å². The Morgan fingerprint density at radius 2 is 1.13 bits per heavy atom. The lowest BCUT2D eigenvalue weighted by Gasteiger charge is -2.06. The molecule has 0 saturated heterocycles. The number of hydrogen-bond acceptors (Lipinski definition) is 16. The molecule has 0 aliphatic heterocycles. The highest BCUT2D eigenvalue weighted by molar-refractivity contribution is 6.06. The largest absolute Gasteiger partial charge is 0.465 e. The Morgan fingerprint density at radius 3 is 1.56 bits per heavy atom. The maximum atomic E-state index is 13.1. The number of aromatic nitrogens is 10. The van der Waals surface area contributed by atoms with E-state index in [0.717, 1.165) is 25.7 Å². The maximum Gasteiger partial charge on any atom is 0.344 e. The molecule has 318 valence electrons. The average Bonchev–Trinajstić information content (AvgIpc) is 4.02. The normalized spacial score (nSPS) is 11.6. The Bertz CT molecular complexity index is 2600. The van der Waals surface area contributed by atoms with Gasteiger partial charge in [-0.05, 0) is 25.7 Å². The Kier molecular flexibility index (Phi) is 12.8. The number of hydrogen-bond donors (Lipinski definition) is 3. The van der Waals surface area contributed by atoms with E-state index < -0.39 is 18.4 Å². The minimum Gasteiger partial charge on any atom is -0.465 e. The Balaban J connectivity index is 1.27. The highest BCUT2D eigenvalue weighted by atomic mass is 16.5. The summed E-state index contributed by atoms with van der Waals surface area (Å²) in [6.07, 6.45) is 5.70. The molecule has 5 heterocycles. The van der Waals surface area contributed by atoms with Crippen LogP contribution in [-0.4, -0.2) is 79.7 Å². The molecular formula is C42H46N16O4. The number of nitrogens with two attached hydrogens (primary N) is 2. The van der Waals surface area contributed by atoms with Crippen LogP contribution >= 0.6 is 0 Å². The van der Waals surface area contributed by atoms with Crippen LogP contribution in [0.25, 0.3) is 34.2 Å². The molecule has 0 spiro atoms. The SMILES string of the molecule is CCCCc1nn(-c2cc(-n3nc(CCCC)c(N=Nc4c(C(=O)OC)c(-c5ccccc5)nn4C)c3N)ncn2)c(N)c1N=Nc1c(C(=O)CO)c(-c2ccccc2)nn1C. The van der Waals surface area contributed by atoms with E-state index in [0.29, 0.717) is 52.4 Å². The van der Waals surface area contributed by atoms with Gasteiger partial charge in [0.1, 0.15) is 29.9 Å². The number of aryl methyl sites for hydroxylation is 4. The Morgan fingerprint density at radius 1 is 0.677 bits per heavy atom. The number of benzene rings is 2. The number of nitrogens with zero attached hydrogens (tertiary/aromatic N) is 14. The van der Waals surface area contributed by atoms with Crippen molar-refractivity contribution in [1.82, 2.24) is 49.1 Å². The number of ether oxygens (including phenoxy) is 1. The quantitative estimate of drug-likeness (QED) is 0.0464. The lowest BCUT2D eigenvalue weighted by Crippen LogP contribution is -2.09. The first-order chi connectivity index (χ1) is 30.1. The van der Waals surface area contributed by atoms with Crippen LogP contribution in [0.5, 0.6) is 0 Å². The number of unbranched alkanes of at least 4 members (excludes halogenated alkanes) is 2. The van der Waals surface area contributed by atoms with E-state index in [4.69, 9.17) is 26.4 Å². The molecule has 0 radical (unpaired) electrons. The number of aliphatic hydroxyl groups is 1. The van der Waals surface area contributed by atoms with E-state index >= 15 is 0 Å². The molecule has 7 rings (SSSR count). The fraction of sp³-hybridized carbons (Fsp3) is 0.286. The number of Topliss-reactive ketones (excluding diaryl/α,β-unsaturated/α-hetero) is 1. The van der Waals surface area contributed by atoms with E-state index in [9.17, 15) is 14.7 Å². The summed E-state index contributed by atoms with van der Waals surface area (Å²) in [7, 11) is 4.60. The van der Waals surface area contributed by atoms with Gasteiger partial charge in [0.2, 0.25) is 0 Å². The van der Waals surface area contributed by atoms with Crippen LogP contribution in [0.1, 0.15) is 71.6 Å². The van der Waals surface area contributed by atoms with Crippen molar-refractivity contribution in [2.24, 2.45) is 34.6 Å². The smallest absolute Gasteiger partial charge is 0.344 e. The molecule has 7 aromatic rings. The first kappa shape index (κ1) is 42.4. The first-order valence-electron chi connectivity index (χ1n) is 20.0. The van der Waals surface area contributed by atoms with Crippen molar-refractivity contribution in [2.45, 2.75) is 52.4 Å². The Labute approximate surface area is 356 Å². The molecule has 20 heteroatoms. The molecule has 0 bridgehead atoms. The third-order valence-electron chi connectivity index (χ3n) is 9.97. The molecule has 0 aliphatic rings. The maximum absolute atomic E-state index is 13.1. The van der Waals surface area contributed by atoms with E-state index in [-0.39, 0.29) is 51.7 Å². The number of nitrogen functional groups attached to an aromatic ring is 2. The van der Waals surface area contributed by atoms with Gasteiger partial charge in [0.25, 0.3) is 0 Å². The lowest BCUT2D eigenvalue weighted by molar-refractivity contribution is 0.0602. The minimum atomic E-state index is -0.743. The molecule has 0 saturated carbocycles. The molecule has 20 nitrogen and oxygen atoms in total. The minimum absolute atomic E-state index is 0.127. The van der Waals surface area contributed by atoms with Crippen molar-refractivity contribution in [2.75, 3.05) is 25.2 Å².